The fourth-order valence-corrected chi connectivity index (χ4v) is 1.72. The first-order chi connectivity index (χ1) is 8.34. The summed E-state index contributed by atoms with van der Waals surface area (Å²) in [6, 6.07) is 10.1. The third-order valence-electron chi connectivity index (χ3n) is 2.86. The van der Waals surface area contributed by atoms with Crippen molar-refractivity contribution in [1.29, 1.82) is 5.26 Å². The molecule has 1 aromatic rings. The number of nitriles is 1. The quantitative estimate of drug-likeness (QED) is 0.818. The van der Waals surface area contributed by atoms with E-state index >= 15 is 0 Å². The number of benzene rings is 1. The smallest absolute Gasteiger partial charge is 0.166 e. The molecule has 3 nitrogen and oxygen atoms in total. The Labute approximate surface area is 109 Å². The highest BCUT2D eigenvalue weighted by Gasteiger charge is 2.14. The van der Waals surface area contributed by atoms with Crippen molar-refractivity contribution in [1.82, 2.24) is 0 Å². The molecule has 0 N–H and O–H groups in total. The first-order valence-electron chi connectivity index (χ1n) is 6.05. The lowest BCUT2D eigenvalue weighted by Gasteiger charge is -2.22. The van der Waals surface area contributed by atoms with Crippen LogP contribution in [-0.2, 0) is 10.2 Å². The van der Waals surface area contributed by atoms with Gasteiger partial charge in [-0.1, -0.05) is 32.9 Å². The fraction of sp³-hybridized carbons (Fsp3) is 0.467. The summed E-state index contributed by atoms with van der Waals surface area (Å²) >= 11 is 0. The molecule has 0 unspecified atom stereocenters. The molecule has 0 aliphatic heterocycles. The van der Waals surface area contributed by atoms with Gasteiger partial charge in [0, 0.05) is 12.7 Å². The molecule has 96 valence electrons. The molecule has 0 heterocycles. The zero-order valence-electron chi connectivity index (χ0n) is 11.5. The Morgan fingerprint density at radius 3 is 2.28 bits per heavy atom. The van der Waals surface area contributed by atoms with Crippen molar-refractivity contribution in [3.8, 4) is 6.07 Å². The Morgan fingerprint density at radius 1 is 1.28 bits per heavy atom. The summed E-state index contributed by atoms with van der Waals surface area (Å²) in [6.07, 6.45) is -0.0234. The predicted molar refractivity (Wildman–Crippen MR) is 73.6 cm³/mol. The second-order valence-corrected chi connectivity index (χ2v) is 5.53. The molecular formula is C15H20N2O. The monoisotopic (exact) mass is 244 g/mol. The van der Waals surface area contributed by atoms with E-state index in [1.165, 1.54) is 5.56 Å². The molecule has 3 heteroatoms. The normalized spacial score (nSPS) is 10.8. The van der Waals surface area contributed by atoms with Gasteiger partial charge >= 0.3 is 0 Å². The van der Waals surface area contributed by atoms with Crippen LogP contribution in [0, 0.1) is 11.3 Å². The second kappa shape index (κ2) is 5.68. The van der Waals surface area contributed by atoms with E-state index in [9.17, 15) is 4.79 Å². The maximum absolute atomic E-state index is 11.4. The summed E-state index contributed by atoms with van der Waals surface area (Å²) in [5.41, 5.74) is 2.39. The van der Waals surface area contributed by atoms with Gasteiger partial charge in [-0.05, 0) is 23.1 Å². The molecule has 0 aromatic heterocycles. The number of rotatable bonds is 4. The largest absolute Gasteiger partial charge is 0.367 e. The lowest BCUT2D eigenvalue weighted by molar-refractivity contribution is -0.116. The van der Waals surface area contributed by atoms with Crippen LogP contribution in [-0.4, -0.2) is 19.4 Å². The molecule has 0 saturated carbocycles. The number of hydrogen-bond donors (Lipinski definition) is 0. The van der Waals surface area contributed by atoms with Crippen molar-refractivity contribution in [2.75, 3.05) is 18.5 Å². The minimum atomic E-state index is -0.0557. The van der Waals surface area contributed by atoms with Gasteiger partial charge in [0.25, 0.3) is 0 Å². The molecule has 1 aromatic carbocycles. The van der Waals surface area contributed by atoms with E-state index in [4.69, 9.17) is 5.26 Å². The van der Waals surface area contributed by atoms with Crippen LogP contribution in [0.4, 0.5) is 5.69 Å². The molecule has 0 radical (unpaired) electrons. The van der Waals surface area contributed by atoms with Gasteiger partial charge in [-0.2, -0.15) is 5.26 Å². The van der Waals surface area contributed by atoms with Crippen molar-refractivity contribution < 1.29 is 4.79 Å². The molecule has 0 spiro atoms. The maximum Gasteiger partial charge on any atom is 0.166 e. The molecule has 0 aliphatic carbocycles. The van der Waals surface area contributed by atoms with Crippen LogP contribution in [0.15, 0.2) is 24.3 Å². The molecule has 1 rings (SSSR count). The average molecular weight is 244 g/mol. The lowest BCUT2D eigenvalue weighted by atomic mass is 9.87. The number of nitrogens with zero attached hydrogens (tertiary/aromatic N) is 2. The van der Waals surface area contributed by atoms with E-state index < -0.39 is 0 Å². The van der Waals surface area contributed by atoms with Crippen LogP contribution >= 0.6 is 0 Å². The highest BCUT2D eigenvalue weighted by molar-refractivity contribution is 5.85. The van der Waals surface area contributed by atoms with Crippen molar-refractivity contribution in [3.05, 3.63) is 29.8 Å². The van der Waals surface area contributed by atoms with Gasteiger partial charge in [-0.15, -0.1) is 0 Å². The van der Waals surface area contributed by atoms with Crippen LogP contribution in [0.3, 0.4) is 0 Å². The Kier molecular flexibility index (Phi) is 4.49. The minimum absolute atomic E-state index is 0.0234. The number of ketones is 1. The highest BCUT2D eigenvalue weighted by atomic mass is 16.1. The number of hydrogen-bond acceptors (Lipinski definition) is 3. The maximum atomic E-state index is 11.4. The van der Waals surface area contributed by atoms with Gasteiger partial charge in [0.1, 0.15) is 0 Å². The van der Waals surface area contributed by atoms with Crippen molar-refractivity contribution in [2.45, 2.75) is 32.6 Å². The molecule has 0 atom stereocenters. The summed E-state index contributed by atoms with van der Waals surface area (Å²) in [5, 5.41) is 8.46. The third kappa shape index (κ3) is 3.89. The lowest BCUT2D eigenvalue weighted by Crippen LogP contribution is -2.25. The topological polar surface area (TPSA) is 44.1 Å². The van der Waals surface area contributed by atoms with Crippen LogP contribution < -0.4 is 4.90 Å². The minimum Gasteiger partial charge on any atom is -0.367 e. The fourth-order valence-electron chi connectivity index (χ4n) is 1.72. The third-order valence-corrected chi connectivity index (χ3v) is 2.86. The first-order valence-corrected chi connectivity index (χ1v) is 6.05. The van der Waals surface area contributed by atoms with Gasteiger partial charge in [0.15, 0.2) is 5.78 Å². The van der Waals surface area contributed by atoms with Crippen molar-refractivity contribution in [2.24, 2.45) is 0 Å². The van der Waals surface area contributed by atoms with E-state index in [2.05, 4.69) is 32.9 Å². The van der Waals surface area contributed by atoms with Gasteiger partial charge in [-0.25, -0.2) is 0 Å². The first kappa shape index (κ1) is 14.2. The summed E-state index contributed by atoms with van der Waals surface area (Å²) < 4.78 is 0. The zero-order valence-corrected chi connectivity index (χ0v) is 11.5. The number of carbonyl (C=O) groups is 1. The van der Waals surface area contributed by atoms with E-state index in [-0.39, 0.29) is 24.2 Å². The summed E-state index contributed by atoms with van der Waals surface area (Å²) in [5.74, 6) is -0.0557. The Bertz CT molecular complexity index is 449. The number of carbonyl (C=O) groups excluding carboxylic acids is 1. The molecule has 0 bridgehead atoms. The van der Waals surface area contributed by atoms with Gasteiger partial charge in [0.2, 0.25) is 0 Å². The van der Waals surface area contributed by atoms with Crippen molar-refractivity contribution in [3.63, 3.8) is 0 Å². The number of likely N-dealkylation sites (N-methyl/N-ethyl adjacent to an activating group) is 1. The molecule has 0 aliphatic rings. The highest BCUT2D eigenvalue weighted by Crippen LogP contribution is 2.24. The average Bonchev–Trinajstić information content (AvgIpc) is 2.28. The van der Waals surface area contributed by atoms with Crippen molar-refractivity contribution >= 4 is 11.5 Å². The van der Waals surface area contributed by atoms with E-state index in [0.717, 1.165) is 5.69 Å². The van der Waals surface area contributed by atoms with Crippen LogP contribution in [0.2, 0.25) is 0 Å². The zero-order chi connectivity index (χ0) is 13.8. The second-order valence-electron chi connectivity index (χ2n) is 5.53. The Morgan fingerprint density at radius 2 is 1.83 bits per heavy atom. The molecule has 18 heavy (non-hydrogen) atoms. The van der Waals surface area contributed by atoms with Crippen LogP contribution in [0.1, 0.15) is 32.8 Å². The Hall–Kier alpha value is -1.82. The summed E-state index contributed by atoms with van der Waals surface area (Å²) in [7, 11) is 1.86. The molecular weight excluding hydrogens is 224 g/mol. The molecule has 0 amide bonds. The summed E-state index contributed by atoms with van der Waals surface area (Å²) in [4.78, 5) is 13.3. The summed E-state index contributed by atoms with van der Waals surface area (Å²) in [6.45, 7) is 6.79. The number of Topliss-reactive ketones (excluding diaryl/α,β-unsaturated/α-hetero) is 1. The van der Waals surface area contributed by atoms with E-state index in [1.54, 1.807) is 0 Å². The van der Waals surface area contributed by atoms with Gasteiger partial charge < -0.3 is 4.90 Å². The van der Waals surface area contributed by atoms with Crippen LogP contribution in [0.25, 0.3) is 0 Å². The van der Waals surface area contributed by atoms with E-state index in [0.29, 0.717) is 0 Å². The SMILES string of the molecule is CN(CC(=O)CC#N)c1ccc(C(C)(C)C)cc1. The Balaban J connectivity index is 2.74. The van der Waals surface area contributed by atoms with Gasteiger partial charge in [0.05, 0.1) is 19.0 Å². The molecule has 0 saturated heterocycles. The predicted octanol–water partition coefficient (Wildman–Crippen LogP) is 2.90. The van der Waals surface area contributed by atoms with Crippen LogP contribution in [0.5, 0.6) is 0 Å². The standard InChI is InChI=1S/C15H20N2O/c1-15(2,3)12-5-7-13(8-6-12)17(4)11-14(18)9-10-16/h5-8H,9,11H2,1-4H3. The number of anilines is 1. The van der Waals surface area contributed by atoms with E-state index in [1.807, 2.05) is 30.1 Å². The van der Waals surface area contributed by atoms with Gasteiger partial charge in [-0.3, -0.25) is 4.79 Å². The molecule has 0 fully saturated rings.